The molecule has 2 N–H and O–H groups in total. The summed E-state index contributed by atoms with van der Waals surface area (Å²) in [5.74, 6) is -0.909. The first-order valence-corrected chi connectivity index (χ1v) is 4.51. The quantitative estimate of drug-likeness (QED) is 0.675. The van der Waals surface area contributed by atoms with E-state index in [0.29, 0.717) is 12.8 Å². The maximum Gasteiger partial charge on any atom is 0.306 e. The highest BCUT2D eigenvalue weighted by molar-refractivity contribution is 5.85. The van der Waals surface area contributed by atoms with Crippen molar-refractivity contribution in [1.29, 1.82) is 5.26 Å². The lowest BCUT2D eigenvalue weighted by Crippen LogP contribution is -2.46. The Kier molecular flexibility index (Phi) is 3.03. The van der Waals surface area contributed by atoms with Gasteiger partial charge in [0, 0.05) is 18.5 Å². The molecule has 0 aromatic carbocycles. The molecule has 1 heterocycles. The fourth-order valence-electron chi connectivity index (χ4n) is 2.51. The summed E-state index contributed by atoms with van der Waals surface area (Å²) in [5.41, 5.74) is -0.0161. The number of rotatable bonds is 1. The fourth-order valence-corrected chi connectivity index (χ4v) is 2.51. The molecule has 1 atom stereocenters. The van der Waals surface area contributed by atoms with E-state index in [9.17, 15) is 4.79 Å². The average Bonchev–Trinajstić information content (AvgIpc) is 2.43. The lowest BCUT2D eigenvalue weighted by Gasteiger charge is -2.44. The number of nitrogens with one attached hydrogen (secondary N) is 1. The van der Waals surface area contributed by atoms with Crippen molar-refractivity contribution in [2.24, 2.45) is 17.3 Å². The zero-order chi connectivity index (χ0) is 9.47. The Morgan fingerprint density at radius 2 is 2.21 bits per heavy atom. The minimum Gasteiger partial charge on any atom is -0.481 e. The Morgan fingerprint density at radius 1 is 1.57 bits per heavy atom. The Labute approximate surface area is 88.7 Å². The van der Waals surface area contributed by atoms with Crippen LogP contribution in [-0.4, -0.2) is 24.2 Å². The van der Waals surface area contributed by atoms with Gasteiger partial charge >= 0.3 is 5.97 Å². The number of hydrogen-bond acceptors (Lipinski definition) is 3. The topological polar surface area (TPSA) is 73.1 Å². The van der Waals surface area contributed by atoms with Crippen LogP contribution in [0.25, 0.3) is 0 Å². The van der Waals surface area contributed by atoms with Crippen LogP contribution < -0.4 is 5.32 Å². The third-order valence-corrected chi connectivity index (χ3v) is 3.38. The Bertz CT molecular complexity index is 281. The van der Waals surface area contributed by atoms with Crippen LogP contribution in [0.15, 0.2) is 0 Å². The fraction of sp³-hybridized carbons (Fsp3) is 0.778. The molecule has 2 rings (SSSR count). The van der Waals surface area contributed by atoms with Crippen LogP contribution in [0.2, 0.25) is 0 Å². The molecule has 2 aliphatic rings. The normalized spacial score (nSPS) is 39.6. The SMILES string of the molecule is Cl.N#CC1CNCC12CC(C(=O)O)C2. The van der Waals surface area contributed by atoms with Gasteiger partial charge in [0.2, 0.25) is 0 Å². The molecule has 14 heavy (non-hydrogen) atoms. The van der Waals surface area contributed by atoms with Crippen LogP contribution in [-0.2, 0) is 4.79 Å². The van der Waals surface area contributed by atoms with E-state index in [-0.39, 0.29) is 29.7 Å². The van der Waals surface area contributed by atoms with Crippen molar-refractivity contribution in [2.75, 3.05) is 13.1 Å². The standard InChI is InChI=1S/C9H12N2O2.ClH/c10-3-7-4-11-5-9(7)1-6(2-9)8(12)13;/h6-7,11H,1-2,4-5H2,(H,12,13);1H. The molecule has 1 aliphatic heterocycles. The van der Waals surface area contributed by atoms with Gasteiger partial charge < -0.3 is 10.4 Å². The Hall–Kier alpha value is -0.790. The molecule has 0 radical (unpaired) electrons. The van der Waals surface area contributed by atoms with Crippen molar-refractivity contribution in [3.8, 4) is 6.07 Å². The van der Waals surface area contributed by atoms with Gasteiger partial charge in [-0.3, -0.25) is 4.79 Å². The second-order valence-electron chi connectivity index (χ2n) is 4.12. The van der Waals surface area contributed by atoms with E-state index >= 15 is 0 Å². The molecule has 0 amide bonds. The third-order valence-electron chi connectivity index (χ3n) is 3.38. The minimum atomic E-state index is -0.714. The molecule has 1 aliphatic carbocycles. The van der Waals surface area contributed by atoms with E-state index in [1.807, 2.05) is 0 Å². The van der Waals surface area contributed by atoms with Crippen molar-refractivity contribution in [3.05, 3.63) is 0 Å². The predicted molar refractivity (Wildman–Crippen MR) is 52.0 cm³/mol. The highest BCUT2D eigenvalue weighted by Gasteiger charge is 2.54. The number of halogens is 1. The molecule has 1 saturated carbocycles. The summed E-state index contributed by atoms with van der Waals surface area (Å²) >= 11 is 0. The van der Waals surface area contributed by atoms with Gasteiger partial charge in [-0.05, 0) is 12.8 Å². The van der Waals surface area contributed by atoms with Gasteiger partial charge in [-0.2, -0.15) is 5.26 Å². The second-order valence-corrected chi connectivity index (χ2v) is 4.12. The summed E-state index contributed by atoms with van der Waals surface area (Å²) in [7, 11) is 0. The van der Waals surface area contributed by atoms with E-state index in [4.69, 9.17) is 10.4 Å². The van der Waals surface area contributed by atoms with Crippen LogP contribution in [0.5, 0.6) is 0 Å². The highest BCUT2D eigenvalue weighted by Crippen LogP contribution is 2.52. The lowest BCUT2D eigenvalue weighted by atomic mass is 9.57. The Morgan fingerprint density at radius 3 is 2.71 bits per heavy atom. The van der Waals surface area contributed by atoms with Crippen LogP contribution in [0, 0.1) is 28.6 Å². The van der Waals surface area contributed by atoms with Crippen LogP contribution in [0.1, 0.15) is 12.8 Å². The van der Waals surface area contributed by atoms with Crippen molar-refractivity contribution in [3.63, 3.8) is 0 Å². The summed E-state index contributed by atoms with van der Waals surface area (Å²) < 4.78 is 0. The first-order valence-electron chi connectivity index (χ1n) is 4.51. The number of carboxylic acid groups (broad SMARTS) is 1. The van der Waals surface area contributed by atoms with Crippen molar-refractivity contribution in [2.45, 2.75) is 12.8 Å². The van der Waals surface area contributed by atoms with Gasteiger partial charge in [-0.25, -0.2) is 0 Å². The molecule has 1 spiro atoms. The van der Waals surface area contributed by atoms with Crippen molar-refractivity contribution < 1.29 is 9.90 Å². The van der Waals surface area contributed by atoms with Crippen LogP contribution in [0.4, 0.5) is 0 Å². The maximum absolute atomic E-state index is 10.6. The average molecular weight is 217 g/mol. The highest BCUT2D eigenvalue weighted by atomic mass is 35.5. The summed E-state index contributed by atoms with van der Waals surface area (Å²) in [5, 5.41) is 20.7. The number of carboxylic acids is 1. The number of aliphatic carboxylic acids is 1. The summed E-state index contributed by atoms with van der Waals surface area (Å²) in [6.45, 7) is 1.54. The van der Waals surface area contributed by atoms with Gasteiger partial charge in [-0.1, -0.05) is 0 Å². The molecule has 1 saturated heterocycles. The third kappa shape index (κ3) is 1.47. The second kappa shape index (κ2) is 3.76. The summed E-state index contributed by atoms with van der Waals surface area (Å²) in [4.78, 5) is 10.6. The van der Waals surface area contributed by atoms with E-state index in [1.54, 1.807) is 0 Å². The molecule has 0 aromatic heterocycles. The lowest BCUT2D eigenvalue weighted by molar-refractivity contribution is -0.150. The van der Waals surface area contributed by atoms with Crippen LogP contribution >= 0.6 is 12.4 Å². The van der Waals surface area contributed by atoms with Crippen molar-refractivity contribution in [1.82, 2.24) is 5.32 Å². The largest absolute Gasteiger partial charge is 0.481 e. The molecular weight excluding hydrogens is 204 g/mol. The predicted octanol–water partition coefficient (Wildman–Crippen LogP) is 0.632. The molecule has 5 heteroatoms. The van der Waals surface area contributed by atoms with Gasteiger partial charge in [0.25, 0.3) is 0 Å². The number of carbonyl (C=O) groups is 1. The summed E-state index contributed by atoms with van der Waals surface area (Å²) in [6.07, 6.45) is 1.35. The van der Waals surface area contributed by atoms with Gasteiger partial charge in [0.15, 0.2) is 0 Å². The molecule has 78 valence electrons. The maximum atomic E-state index is 10.6. The smallest absolute Gasteiger partial charge is 0.306 e. The molecule has 0 bridgehead atoms. The minimum absolute atomic E-state index is 0. The van der Waals surface area contributed by atoms with E-state index < -0.39 is 5.97 Å². The monoisotopic (exact) mass is 216 g/mol. The first kappa shape index (κ1) is 11.3. The van der Waals surface area contributed by atoms with E-state index in [0.717, 1.165) is 13.1 Å². The van der Waals surface area contributed by atoms with E-state index in [2.05, 4.69) is 11.4 Å². The molecule has 2 fully saturated rings. The summed E-state index contributed by atoms with van der Waals surface area (Å²) in [6, 6.07) is 2.26. The number of hydrogen-bond donors (Lipinski definition) is 2. The molecular formula is C9H13ClN2O2. The van der Waals surface area contributed by atoms with Gasteiger partial charge in [-0.15, -0.1) is 12.4 Å². The van der Waals surface area contributed by atoms with Crippen LogP contribution in [0.3, 0.4) is 0 Å². The van der Waals surface area contributed by atoms with Gasteiger partial charge in [0.1, 0.15) is 0 Å². The molecule has 4 nitrogen and oxygen atoms in total. The number of nitriles is 1. The first-order chi connectivity index (χ1) is 6.18. The molecule has 0 aromatic rings. The van der Waals surface area contributed by atoms with E-state index in [1.165, 1.54) is 0 Å². The Balaban J connectivity index is 0.000000980. The molecule has 1 unspecified atom stereocenters. The van der Waals surface area contributed by atoms with Gasteiger partial charge in [0.05, 0.1) is 17.9 Å². The number of nitrogens with zero attached hydrogens (tertiary/aromatic N) is 1. The van der Waals surface area contributed by atoms with Crippen molar-refractivity contribution >= 4 is 18.4 Å². The zero-order valence-electron chi connectivity index (χ0n) is 7.69. The zero-order valence-corrected chi connectivity index (χ0v) is 8.51.